The van der Waals surface area contributed by atoms with Crippen LogP contribution in [0.25, 0.3) is 11.0 Å². The molecule has 0 spiro atoms. The van der Waals surface area contributed by atoms with Crippen LogP contribution in [0.1, 0.15) is 18.1 Å². The van der Waals surface area contributed by atoms with Crippen molar-refractivity contribution in [2.45, 2.75) is 20.0 Å². The Morgan fingerprint density at radius 3 is 2.46 bits per heavy atom. The molecule has 0 amide bonds. The van der Waals surface area contributed by atoms with Gasteiger partial charge >= 0.3 is 11.1 Å². The maximum atomic E-state index is 11.7. The van der Waals surface area contributed by atoms with Gasteiger partial charge in [-0.25, -0.2) is 0 Å². The average Bonchev–Trinajstić information content (AvgIpc) is 2.57. The van der Waals surface area contributed by atoms with E-state index in [0.29, 0.717) is 17.6 Å². The fourth-order valence-corrected chi connectivity index (χ4v) is 3.16. The van der Waals surface area contributed by atoms with Crippen LogP contribution in [0.4, 0.5) is 0 Å². The number of fused-ring (bicyclic) bond motifs is 1. The molecule has 2 aromatic carbocycles. The van der Waals surface area contributed by atoms with Crippen LogP contribution in [0, 0.1) is 6.54 Å². The summed E-state index contributed by atoms with van der Waals surface area (Å²) in [7, 11) is 0. The Labute approximate surface area is 147 Å². The molecule has 1 heterocycles. The van der Waals surface area contributed by atoms with Gasteiger partial charge in [-0.15, -0.1) is 0 Å². The second kappa shape index (κ2) is 7.15. The zero-order valence-corrected chi connectivity index (χ0v) is 14.8. The predicted octanol–water partition coefficient (Wildman–Crippen LogP) is 3.16. The van der Waals surface area contributed by atoms with Gasteiger partial charge in [0.1, 0.15) is 0 Å². The van der Waals surface area contributed by atoms with Crippen LogP contribution in [-0.2, 0) is 13.1 Å². The highest BCUT2D eigenvalue weighted by atomic mass is 79.9. The first kappa shape index (κ1) is 16.7. The smallest absolute Gasteiger partial charge is 0.314 e. The van der Waals surface area contributed by atoms with Gasteiger partial charge in [-0.1, -0.05) is 46.3 Å². The van der Waals surface area contributed by atoms with Crippen molar-refractivity contribution in [3.63, 3.8) is 0 Å². The summed E-state index contributed by atoms with van der Waals surface area (Å²) >= 11 is 3.46. The van der Waals surface area contributed by atoms with Crippen LogP contribution in [-0.4, -0.2) is 14.9 Å². The van der Waals surface area contributed by atoms with Gasteiger partial charge in [-0.3, -0.25) is 14.5 Å². The van der Waals surface area contributed by atoms with Crippen molar-refractivity contribution >= 4 is 27.0 Å². The van der Waals surface area contributed by atoms with E-state index in [1.54, 1.807) is 6.07 Å². The molecule has 1 aromatic heterocycles. The molecule has 0 atom stereocenters. The molecule has 24 heavy (non-hydrogen) atoms. The molecule has 0 saturated heterocycles. The number of halogens is 1. The number of nitrogens with zero attached hydrogens (tertiary/aromatic N) is 1. The third kappa shape index (κ3) is 3.66. The van der Waals surface area contributed by atoms with Crippen LogP contribution in [0.3, 0.4) is 0 Å². The van der Waals surface area contributed by atoms with Crippen LogP contribution in [0.15, 0.2) is 56.5 Å². The van der Waals surface area contributed by atoms with Crippen molar-refractivity contribution in [3.05, 3.63) is 85.3 Å². The fraction of sp³-hybridized carbons (Fsp3) is 0.167. The Hall–Kier alpha value is -2.18. The molecule has 0 bridgehead atoms. The number of benzene rings is 2. The maximum Gasteiger partial charge on any atom is 0.314 e. The first-order valence-electron chi connectivity index (χ1n) is 7.59. The normalized spacial score (nSPS) is 11.3. The number of H-pyrrole nitrogens is 2. The monoisotopic (exact) mass is 386 g/mol. The van der Waals surface area contributed by atoms with E-state index in [4.69, 9.17) is 0 Å². The summed E-state index contributed by atoms with van der Waals surface area (Å²) < 4.78 is 0.850. The Balaban J connectivity index is 1.97. The Bertz CT molecular complexity index is 963. The minimum absolute atomic E-state index is 0.611. The number of hydrogen-bond donors (Lipinski definition) is 2. The highest BCUT2D eigenvalue weighted by molar-refractivity contribution is 9.10. The molecule has 5 nitrogen and oxygen atoms in total. The van der Waals surface area contributed by atoms with Crippen molar-refractivity contribution in [2.24, 2.45) is 0 Å². The van der Waals surface area contributed by atoms with Crippen LogP contribution < -0.4 is 11.1 Å². The van der Waals surface area contributed by atoms with Crippen molar-refractivity contribution in [1.82, 2.24) is 14.9 Å². The summed E-state index contributed by atoms with van der Waals surface area (Å²) in [6.45, 7) is 5.37. The molecule has 0 unspecified atom stereocenters. The molecule has 123 valence electrons. The molecule has 0 aliphatic rings. The van der Waals surface area contributed by atoms with E-state index in [2.05, 4.69) is 42.9 Å². The molecule has 3 aromatic rings. The third-order valence-corrected chi connectivity index (χ3v) is 4.30. The lowest BCUT2D eigenvalue weighted by atomic mass is 10.1. The molecule has 3 rings (SSSR count). The van der Waals surface area contributed by atoms with E-state index >= 15 is 0 Å². The molecule has 0 aliphatic carbocycles. The number of aromatic amines is 2. The molecular weight excluding hydrogens is 370 g/mol. The summed E-state index contributed by atoms with van der Waals surface area (Å²) in [6.07, 6.45) is 0. The van der Waals surface area contributed by atoms with E-state index in [1.807, 2.05) is 37.7 Å². The molecule has 0 saturated carbocycles. The second-order valence-electron chi connectivity index (χ2n) is 5.54. The third-order valence-electron chi connectivity index (χ3n) is 3.84. The lowest BCUT2D eigenvalue weighted by Crippen LogP contribution is -2.29. The zero-order valence-electron chi connectivity index (χ0n) is 13.2. The summed E-state index contributed by atoms with van der Waals surface area (Å²) in [5, 5.41) is 0. The van der Waals surface area contributed by atoms with Gasteiger partial charge in [-0.2, -0.15) is 0 Å². The van der Waals surface area contributed by atoms with Crippen molar-refractivity contribution in [1.29, 1.82) is 0 Å². The van der Waals surface area contributed by atoms with E-state index in [1.165, 1.54) is 5.56 Å². The molecule has 0 fully saturated rings. The van der Waals surface area contributed by atoms with Gasteiger partial charge in [0.15, 0.2) is 0 Å². The second-order valence-corrected chi connectivity index (χ2v) is 6.46. The van der Waals surface area contributed by atoms with Crippen molar-refractivity contribution in [3.8, 4) is 0 Å². The summed E-state index contributed by atoms with van der Waals surface area (Å²) in [4.78, 5) is 30.7. The van der Waals surface area contributed by atoms with Crippen molar-refractivity contribution < 1.29 is 0 Å². The Morgan fingerprint density at radius 1 is 1.04 bits per heavy atom. The molecule has 0 aliphatic heterocycles. The van der Waals surface area contributed by atoms with Gasteiger partial charge in [0.2, 0.25) is 0 Å². The van der Waals surface area contributed by atoms with E-state index in [-0.39, 0.29) is 0 Å². The number of aromatic nitrogens is 2. The molecular formula is C18H17BrN3O2. The highest BCUT2D eigenvalue weighted by Gasteiger charge is 2.11. The summed E-state index contributed by atoms with van der Waals surface area (Å²) in [5.41, 5.74) is 2.12. The average molecular weight is 387 g/mol. The lowest BCUT2D eigenvalue weighted by molar-refractivity contribution is 0.323. The van der Waals surface area contributed by atoms with Gasteiger partial charge in [-0.05, 0) is 30.2 Å². The maximum absolute atomic E-state index is 11.7. The minimum Gasteiger partial charge on any atom is -0.316 e. The Morgan fingerprint density at radius 2 is 1.75 bits per heavy atom. The van der Waals surface area contributed by atoms with Crippen molar-refractivity contribution in [2.75, 3.05) is 0 Å². The number of hydrogen-bond acceptors (Lipinski definition) is 3. The molecule has 6 heteroatoms. The van der Waals surface area contributed by atoms with Crippen LogP contribution in [0.2, 0.25) is 0 Å². The van der Waals surface area contributed by atoms with Gasteiger partial charge in [0.25, 0.3) is 0 Å². The predicted molar refractivity (Wildman–Crippen MR) is 98.6 cm³/mol. The largest absolute Gasteiger partial charge is 0.316 e. The fourth-order valence-electron chi connectivity index (χ4n) is 2.66. The summed E-state index contributed by atoms with van der Waals surface area (Å²) in [6, 6.07) is 13.9. The molecule has 1 radical (unpaired) electrons. The van der Waals surface area contributed by atoms with Crippen LogP contribution in [0.5, 0.6) is 0 Å². The zero-order chi connectivity index (χ0) is 17.1. The number of rotatable bonds is 5. The van der Waals surface area contributed by atoms with Gasteiger partial charge in [0.05, 0.1) is 11.0 Å². The minimum atomic E-state index is -0.644. The van der Waals surface area contributed by atoms with E-state index in [0.717, 1.165) is 16.6 Å². The summed E-state index contributed by atoms with van der Waals surface area (Å²) in [5.74, 6) is 0. The van der Waals surface area contributed by atoms with Gasteiger partial charge in [0, 0.05) is 24.1 Å². The van der Waals surface area contributed by atoms with E-state index < -0.39 is 11.1 Å². The quantitative estimate of drug-likeness (QED) is 0.661. The van der Waals surface area contributed by atoms with Crippen LogP contribution >= 0.6 is 15.9 Å². The first-order chi connectivity index (χ1) is 11.6. The first-order valence-corrected chi connectivity index (χ1v) is 8.38. The SMILES string of the molecule is C[CH]N(Cc1ccccc1)Cc1cc(Br)cc2[nH]c(=O)c(=O)[nH]c12. The Kier molecular flexibility index (Phi) is 4.97. The topological polar surface area (TPSA) is 69.0 Å². The van der Waals surface area contributed by atoms with E-state index in [9.17, 15) is 9.59 Å². The standard InChI is InChI=1S/C18H17BrN3O2/c1-2-22(10-12-6-4-3-5-7-12)11-13-8-14(19)9-15-16(13)21-18(24)17(23)20-15/h2-9H,10-11H2,1H3,(H,20,23)(H,21,24). The van der Waals surface area contributed by atoms with Gasteiger partial charge < -0.3 is 9.97 Å². The lowest BCUT2D eigenvalue weighted by Gasteiger charge is -2.21. The highest BCUT2D eigenvalue weighted by Crippen LogP contribution is 2.22. The number of nitrogens with one attached hydrogen (secondary N) is 2. The molecule has 2 N–H and O–H groups in total.